The Morgan fingerprint density at radius 2 is 1.33 bits per heavy atom. The van der Waals surface area contributed by atoms with E-state index in [0.29, 0.717) is 31.1 Å². The molecular weight excluding hydrogens is 392 g/mol. The summed E-state index contributed by atoms with van der Waals surface area (Å²) < 4.78 is 27.6. The number of anilines is 1. The Balaban J connectivity index is 1.47. The van der Waals surface area contributed by atoms with Gasteiger partial charge in [0.25, 0.3) is 0 Å². The van der Waals surface area contributed by atoms with Gasteiger partial charge in [-0.3, -0.25) is 0 Å². The zero-order chi connectivity index (χ0) is 21.3. The van der Waals surface area contributed by atoms with E-state index in [0.717, 1.165) is 11.3 Å². The van der Waals surface area contributed by atoms with Crippen molar-refractivity contribution >= 4 is 15.7 Å². The minimum atomic E-state index is -3.44. The van der Waals surface area contributed by atoms with Gasteiger partial charge in [0.1, 0.15) is 0 Å². The Labute approximate surface area is 179 Å². The number of hydrogen-bond donors (Lipinski definition) is 0. The summed E-state index contributed by atoms with van der Waals surface area (Å²) in [6, 6.07) is 22.2. The first-order valence-electron chi connectivity index (χ1n) is 10.4. The van der Waals surface area contributed by atoms with Crippen LogP contribution in [0.2, 0.25) is 0 Å². The predicted octanol–water partition coefficient (Wildman–Crippen LogP) is 4.79. The third kappa shape index (κ3) is 3.87. The summed E-state index contributed by atoms with van der Waals surface area (Å²) >= 11 is 0. The number of nitrogens with zero attached hydrogens (tertiary/aromatic N) is 2. The smallest absolute Gasteiger partial charge is 0.243 e. The highest BCUT2D eigenvalue weighted by Crippen LogP contribution is 2.28. The maximum Gasteiger partial charge on any atom is 0.243 e. The van der Waals surface area contributed by atoms with Gasteiger partial charge in [0.15, 0.2) is 0 Å². The molecule has 4 rings (SSSR count). The summed E-state index contributed by atoms with van der Waals surface area (Å²) in [6.07, 6.45) is 0. The van der Waals surface area contributed by atoms with Crippen molar-refractivity contribution in [2.24, 2.45) is 0 Å². The number of sulfonamides is 1. The van der Waals surface area contributed by atoms with Crippen LogP contribution < -0.4 is 4.90 Å². The van der Waals surface area contributed by atoms with E-state index in [9.17, 15) is 8.42 Å². The quantitative estimate of drug-likeness (QED) is 0.609. The zero-order valence-corrected chi connectivity index (χ0v) is 18.6. The summed E-state index contributed by atoms with van der Waals surface area (Å²) in [7, 11) is -3.44. The van der Waals surface area contributed by atoms with Crippen LogP contribution in [0.5, 0.6) is 0 Å². The number of piperazine rings is 1. The normalized spacial score (nSPS) is 15.4. The zero-order valence-electron chi connectivity index (χ0n) is 17.8. The van der Waals surface area contributed by atoms with Crippen LogP contribution in [0, 0.1) is 20.8 Å². The monoisotopic (exact) mass is 420 g/mol. The maximum atomic E-state index is 13.0. The average molecular weight is 421 g/mol. The van der Waals surface area contributed by atoms with Crippen molar-refractivity contribution in [1.82, 2.24) is 4.31 Å². The molecule has 0 bridgehead atoms. The van der Waals surface area contributed by atoms with E-state index < -0.39 is 10.0 Å². The Bertz CT molecular complexity index is 1150. The Hall–Kier alpha value is -2.63. The molecule has 0 unspecified atom stereocenters. The van der Waals surface area contributed by atoms with Gasteiger partial charge < -0.3 is 4.90 Å². The molecule has 0 spiro atoms. The highest BCUT2D eigenvalue weighted by Gasteiger charge is 2.29. The molecule has 0 saturated carbocycles. The van der Waals surface area contributed by atoms with E-state index in [2.05, 4.69) is 61.2 Å². The van der Waals surface area contributed by atoms with Gasteiger partial charge in [-0.15, -0.1) is 0 Å². The van der Waals surface area contributed by atoms with Crippen molar-refractivity contribution < 1.29 is 8.42 Å². The van der Waals surface area contributed by atoms with Crippen molar-refractivity contribution in [1.29, 1.82) is 0 Å². The van der Waals surface area contributed by atoms with Crippen LogP contribution in [0.4, 0.5) is 5.69 Å². The molecular formula is C25H28N2O2S. The molecule has 4 nitrogen and oxygen atoms in total. The summed E-state index contributed by atoms with van der Waals surface area (Å²) in [4.78, 5) is 2.67. The fourth-order valence-corrected chi connectivity index (χ4v) is 5.73. The van der Waals surface area contributed by atoms with Crippen molar-refractivity contribution in [3.05, 3.63) is 83.4 Å². The lowest BCUT2D eigenvalue weighted by atomic mass is 9.97. The molecule has 156 valence electrons. The Morgan fingerprint density at radius 3 is 2.00 bits per heavy atom. The molecule has 0 N–H and O–H groups in total. The molecule has 0 radical (unpaired) electrons. The van der Waals surface area contributed by atoms with E-state index in [-0.39, 0.29) is 0 Å². The molecule has 3 aromatic carbocycles. The van der Waals surface area contributed by atoms with E-state index >= 15 is 0 Å². The van der Waals surface area contributed by atoms with Crippen LogP contribution >= 0.6 is 0 Å². The Morgan fingerprint density at radius 1 is 0.700 bits per heavy atom. The van der Waals surface area contributed by atoms with Gasteiger partial charge in [-0.25, -0.2) is 8.42 Å². The average Bonchev–Trinajstić information content (AvgIpc) is 2.76. The summed E-state index contributed by atoms with van der Waals surface area (Å²) in [5.74, 6) is 0. The van der Waals surface area contributed by atoms with Crippen LogP contribution in [-0.2, 0) is 10.0 Å². The molecule has 1 fully saturated rings. The van der Waals surface area contributed by atoms with Gasteiger partial charge in [-0.1, -0.05) is 48.5 Å². The highest BCUT2D eigenvalue weighted by atomic mass is 32.2. The fraction of sp³-hybridized carbons (Fsp3) is 0.280. The molecule has 30 heavy (non-hydrogen) atoms. The molecule has 0 amide bonds. The summed E-state index contributed by atoms with van der Waals surface area (Å²) in [5, 5.41) is 0. The molecule has 3 aromatic rings. The molecule has 0 aliphatic carbocycles. The summed E-state index contributed by atoms with van der Waals surface area (Å²) in [5.41, 5.74) is 7.00. The molecule has 1 saturated heterocycles. The largest absolute Gasteiger partial charge is 0.369 e. The second-order valence-corrected chi connectivity index (χ2v) is 9.86. The molecule has 5 heteroatoms. The van der Waals surface area contributed by atoms with Crippen LogP contribution in [-0.4, -0.2) is 38.9 Å². The topological polar surface area (TPSA) is 40.6 Å². The predicted molar refractivity (Wildman–Crippen MR) is 124 cm³/mol. The standard InChI is InChI=1S/C25H28N2O2S/c1-19-8-6-9-24(21(19)3)22-11-13-23(14-12-22)26-15-17-27(18-16-26)30(28,29)25-10-5-4-7-20(25)2/h4-14H,15-18H2,1-3H3. The second kappa shape index (κ2) is 8.25. The van der Waals surface area contributed by atoms with E-state index in [4.69, 9.17) is 0 Å². The minimum Gasteiger partial charge on any atom is -0.369 e. The van der Waals surface area contributed by atoms with Crippen molar-refractivity contribution in [2.75, 3.05) is 31.1 Å². The maximum absolute atomic E-state index is 13.0. The molecule has 1 heterocycles. The first kappa shape index (κ1) is 20.6. The lowest BCUT2D eigenvalue weighted by Gasteiger charge is -2.35. The number of aryl methyl sites for hydroxylation is 2. The van der Waals surface area contributed by atoms with E-state index in [1.807, 2.05) is 19.1 Å². The van der Waals surface area contributed by atoms with Crippen LogP contribution in [0.15, 0.2) is 71.6 Å². The Kier molecular flexibility index (Phi) is 5.67. The number of rotatable bonds is 4. The minimum absolute atomic E-state index is 0.413. The van der Waals surface area contributed by atoms with Gasteiger partial charge in [-0.2, -0.15) is 4.31 Å². The fourth-order valence-electron chi connectivity index (χ4n) is 4.09. The highest BCUT2D eigenvalue weighted by molar-refractivity contribution is 7.89. The van der Waals surface area contributed by atoms with Crippen LogP contribution in [0.1, 0.15) is 16.7 Å². The lowest BCUT2D eigenvalue weighted by molar-refractivity contribution is 0.384. The first-order valence-corrected chi connectivity index (χ1v) is 11.8. The molecule has 0 atom stereocenters. The molecule has 1 aliphatic rings. The summed E-state index contributed by atoms with van der Waals surface area (Å²) in [6.45, 7) is 8.51. The van der Waals surface area contributed by atoms with E-state index in [1.54, 1.807) is 16.4 Å². The van der Waals surface area contributed by atoms with Crippen molar-refractivity contribution in [3.8, 4) is 11.1 Å². The molecule has 0 aromatic heterocycles. The van der Waals surface area contributed by atoms with Gasteiger partial charge in [-0.05, 0) is 66.8 Å². The van der Waals surface area contributed by atoms with E-state index in [1.165, 1.54) is 22.3 Å². The van der Waals surface area contributed by atoms with Gasteiger partial charge in [0.05, 0.1) is 4.90 Å². The van der Waals surface area contributed by atoms with Gasteiger partial charge >= 0.3 is 0 Å². The number of hydrogen-bond acceptors (Lipinski definition) is 3. The third-order valence-corrected chi connectivity index (χ3v) is 8.16. The van der Waals surface area contributed by atoms with Crippen LogP contribution in [0.25, 0.3) is 11.1 Å². The first-order chi connectivity index (χ1) is 14.4. The second-order valence-electron chi connectivity index (χ2n) is 7.95. The molecule has 1 aliphatic heterocycles. The van der Waals surface area contributed by atoms with Crippen molar-refractivity contribution in [2.45, 2.75) is 25.7 Å². The van der Waals surface area contributed by atoms with Gasteiger partial charge in [0, 0.05) is 31.9 Å². The van der Waals surface area contributed by atoms with Crippen LogP contribution in [0.3, 0.4) is 0 Å². The SMILES string of the molecule is Cc1ccccc1S(=O)(=O)N1CCN(c2ccc(-c3cccc(C)c3C)cc2)CC1. The third-order valence-electron chi connectivity index (χ3n) is 6.10. The lowest BCUT2D eigenvalue weighted by Crippen LogP contribution is -2.48. The number of benzene rings is 3. The van der Waals surface area contributed by atoms with Crippen molar-refractivity contribution in [3.63, 3.8) is 0 Å². The van der Waals surface area contributed by atoms with Gasteiger partial charge in [0.2, 0.25) is 10.0 Å².